The number of benzene rings is 2. The summed E-state index contributed by atoms with van der Waals surface area (Å²) in [4.78, 5) is 15.3. The molecule has 1 amide bonds. The van der Waals surface area contributed by atoms with Gasteiger partial charge in [0.05, 0.1) is 5.02 Å². The Hall–Kier alpha value is -1.25. The van der Waals surface area contributed by atoms with Crippen molar-refractivity contribution in [2.75, 3.05) is 31.9 Å². The molecule has 2 aromatic carbocycles. The number of nitrogens with zero attached hydrogens (tertiary/aromatic N) is 2. The van der Waals surface area contributed by atoms with E-state index in [2.05, 4.69) is 0 Å². The van der Waals surface area contributed by atoms with Gasteiger partial charge in [0.1, 0.15) is 4.90 Å². The minimum absolute atomic E-state index is 0.000652. The normalized spacial score (nSPS) is 15.6. The maximum atomic E-state index is 12.8. The van der Waals surface area contributed by atoms with Gasteiger partial charge in [0.25, 0.3) is 0 Å². The number of thioether (sulfide) groups is 1. The van der Waals surface area contributed by atoms with E-state index in [0.29, 0.717) is 30.3 Å². The van der Waals surface area contributed by atoms with Crippen LogP contribution in [-0.2, 0) is 14.8 Å². The first-order valence-electron chi connectivity index (χ1n) is 8.79. The van der Waals surface area contributed by atoms with E-state index in [0.717, 1.165) is 4.90 Å². The molecular formula is C19H20Cl2N2O3S2. The topological polar surface area (TPSA) is 57.7 Å². The second-order valence-corrected chi connectivity index (χ2v) is 10.2. The van der Waals surface area contributed by atoms with E-state index in [1.54, 1.807) is 22.7 Å². The quantitative estimate of drug-likeness (QED) is 0.613. The van der Waals surface area contributed by atoms with Crippen LogP contribution in [0, 0.1) is 0 Å². The Bertz CT molecular complexity index is 931. The van der Waals surface area contributed by atoms with Crippen molar-refractivity contribution in [2.24, 2.45) is 0 Å². The van der Waals surface area contributed by atoms with E-state index in [-0.39, 0.29) is 28.9 Å². The number of halogens is 2. The largest absolute Gasteiger partial charge is 0.340 e. The third kappa shape index (κ3) is 5.21. The molecule has 3 rings (SSSR count). The minimum atomic E-state index is -3.74. The summed E-state index contributed by atoms with van der Waals surface area (Å²) in [5, 5.41) is 0.452. The number of carbonyl (C=O) groups is 1. The molecule has 9 heteroatoms. The molecule has 0 atom stereocenters. The number of sulfonamides is 1. The average molecular weight is 459 g/mol. The van der Waals surface area contributed by atoms with Crippen LogP contribution in [-0.4, -0.2) is 55.5 Å². The monoisotopic (exact) mass is 458 g/mol. The Labute approximate surface area is 179 Å². The molecule has 0 bridgehead atoms. The van der Waals surface area contributed by atoms with Crippen molar-refractivity contribution < 1.29 is 13.2 Å². The van der Waals surface area contributed by atoms with Crippen LogP contribution in [0.25, 0.3) is 0 Å². The molecule has 1 heterocycles. The van der Waals surface area contributed by atoms with Gasteiger partial charge in [0, 0.05) is 48.3 Å². The van der Waals surface area contributed by atoms with Gasteiger partial charge < -0.3 is 4.90 Å². The molecule has 0 unspecified atom stereocenters. The maximum absolute atomic E-state index is 12.8. The zero-order valence-corrected chi connectivity index (χ0v) is 18.2. The fourth-order valence-corrected chi connectivity index (χ4v) is 5.94. The highest BCUT2D eigenvalue weighted by atomic mass is 35.5. The molecule has 1 saturated heterocycles. The van der Waals surface area contributed by atoms with Gasteiger partial charge in [-0.1, -0.05) is 41.4 Å². The van der Waals surface area contributed by atoms with Crippen molar-refractivity contribution >= 4 is 50.9 Å². The van der Waals surface area contributed by atoms with Crippen molar-refractivity contribution in [2.45, 2.75) is 16.2 Å². The molecule has 0 radical (unpaired) electrons. The Kier molecular flexibility index (Phi) is 7.28. The van der Waals surface area contributed by atoms with Crippen LogP contribution in [0.2, 0.25) is 10.0 Å². The number of carbonyl (C=O) groups excluding carboxylic acids is 1. The minimum Gasteiger partial charge on any atom is -0.340 e. The second-order valence-electron chi connectivity index (χ2n) is 6.27. The summed E-state index contributed by atoms with van der Waals surface area (Å²) >= 11 is 13.6. The van der Waals surface area contributed by atoms with Crippen LogP contribution >= 0.6 is 35.0 Å². The van der Waals surface area contributed by atoms with Crippen molar-refractivity contribution in [3.8, 4) is 0 Å². The van der Waals surface area contributed by atoms with Crippen LogP contribution in [0.4, 0.5) is 0 Å². The van der Waals surface area contributed by atoms with Crippen LogP contribution < -0.4 is 0 Å². The zero-order valence-electron chi connectivity index (χ0n) is 15.1. The molecule has 2 aromatic rings. The smallest absolute Gasteiger partial charge is 0.244 e. The molecular weight excluding hydrogens is 439 g/mol. The van der Waals surface area contributed by atoms with Gasteiger partial charge >= 0.3 is 0 Å². The fourth-order valence-electron chi connectivity index (χ4n) is 2.92. The van der Waals surface area contributed by atoms with Gasteiger partial charge in [0.15, 0.2) is 0 Å². The summed E-state index contributed by atoms with van der Waals surface area (Å²) < 4.78 is 27.0. The van der Waals surface area contributed by atoms with Gasteiger partial charge in [-0.05, 0) is 30.3 Å². The molecule has 150 valence electrons. The van der Waals surface area contributed by atoms with Gasteiger partial charge in [-0.2, -0.15) is 4.31 Å². The zero-order chi connectivity index (χ0) is 20.1. The average Bonchev–Trinajstić information content (AvgIpc) is 2.70. The highest BCUT2D eigenvalue weighted by molar-refractivity contribution is 7.99. The fraction of sp³-hybridized carbons (Fsp3) is 0.316. The number of piperazine rings is 1. The predicted octanol–water partition coefficient (Wildman–Crippen LogP) is 4.01. The van der Waals surface area contributed by atoms with Crippen molar-refractivity contribution in [1.82, 2.24) is 9.21 Å². The summed E-state index contributed by atoms with van der Waals surface area (Å²) in [6.07, 6.45) is 0.423. The van der Waals surface area contributed by atoms with Crippen molar-refractivity contribution in [3.63, 3.8) is 0 Å². The summed E-state index contributed by atoms with van der Waals surface area (Å²) in [5.74, 6) is 0.737. The number of hydrogen-bond acceptors (Lipinski definition) is 4. The summed E-state index contributed by atoms with van der Waals surface area (Å²) in [5.41, 5.74) is 0. The maximum Gasteiger partial charge on any atom is 0.244 e. The van der Waals surface area contributed by atoms with Crippen LogP contribution in [0.3, 0.4) is 0 Å². The lowest BCUT2D eigenvalue weighted by atomic mass is 10.3. The number of hydrogen-bond donors (Lipinski definition) is 0. The molecule has 1 aliphatic rings. The molecule has 0 saturated carbocycles. The third-order valence-electron chi connectivity index (χ3n) is 4.43. The Morgan fingerprint density at radius 1 is 1.00 bits per heavy atom. The van der Waals surface area contributed by atoms with Gasteiger partial charge in [-0.3, -0.25) is 4.79 Å². The predicted molar refractivity (Wildman–Crippen MR) is 114 cm³/mol. The number of amides is 1. The molecule has 28 heavy (non-hydrogen) atoms. The van der Waals surface area contributed by atoms with E-state index in [9.17, 15) is 13.2 Å². The molecule has 0 spiro atoms. The molecule has 1 fully saturated rings. The number of rotatable bonds is 6. The van der Waals surface area contributed by atoms with Crippen molar-refractivity contribution in [3.05, 3.63) is 58.6 Å². The Balaban J connectivity index is 1.53. The highest BCUT2D eigenvalue weighted by Crippen LogP contribution is 2.28. The van der Waals surface area contributed by atoms with Crippen LogP contribution in [0.5, 0.6) is 0 Å². The Morgan fingerprint density at radius 3 is 2.36 bits per heavy atom. The third-order valence-corrected chi connectivity index (χ3v) is 8.06. The summed E-state index contributed by atoms with van der Waals surface area (Å²) in [6.45, 7) is 1.21. The molecule has 5 nitrogen and oxygen atoms in total. The van der Waals surface area contributed by atoms with Crippen LogP contribution in [0.15, 0.2) is 58.3 Å². The lowest BCUT2D eigenvalue weighted by Crippen LogP contribution is -2.50. The first kappa shape index (κ1) is 21.5. The Morgan fingerprint density at radius 2 is 1.68 bits per heavy atom. The van der Waals surface area contributed by atoms with E-state index in [1.807, 2.05) is 30.3 Å². The van der Waals surface area contributed by atoms with Gasteiger partial charge in [-0.15, -0.1) is 11.8 Å². The molecule has 1 aliphatic heterocycles. The lowest BCUT2D eigenvalue weighted by Gasteiger charge is -2.34. The van der Waals surface area contributed by atoms with Gasteiger partial charge in [-0.25, -0.2) is 8.42 Å². The first-order valence-corrected chi connectivity index (χ1v) is 12.0. The SMILES string of the molecule is O=C(CCSc1ccccc1)N1CCN(S(=O)(=O)c2cc(Cl)ccc2Cl)CC1. The van der Waals surface area contributed by atoms with E-state index in [1.165, 1.54) is 16.4 Å². The van der Waals surface area contributed by atoms with Crippen LogP contribution in [0.1, 0.15) is 6.42 Å². The summed E-state index contributed by atoms with van der Waals surface area (Å²) in [7, 11) is -3.74. The highest BCUT2D eigenvalue weighted by Gasteiger charge is 2.31. The molecule has 0 N–H and O–H groups in total. The second kappa shape index (κ2) is 9.50. The van der Waals surface area contributed by atoms with E-state index >= 15 is 0 Å². The van der Waals surface area contributed by atoms with E-state index < -0.39 is 10.0 Å². The molecule has 0 aliphatic carbocycles. The molecule has 0 aromatic heterocycles. The summed E-state index contributed by atoms with van der Waals surface area (Å²) in [6, 6.07) is 14.3. The van der Waals surface area contributed by atoms with Gasteiger partial charge in [0.2, 0.25) is 15.9 Å². The first-order chi connectivity index (χ1) is 13.4. The lowest BCUT2D eigenvalue weighted by molar-refractivity contribution is -0.131. The van der Waals surface area contributed by atoms with Crippen molar-refractivity contribution in [1.29, 1.82) is 0 Å². The van der Waals surface area contributed by atoms with E-state index in [4.69, 9.17) is 23.2 Å². The standard InChI is InChI=1S/C19H20Cl2N2O3S2/c20-15-6-7-17(21)18(14-15)28(25,26)23-11-9-22(10-12-23)19(24)8-13-27-16-4-2-1-3-5-16/h1-7,14H,8-13H2.